The number of halogens is 1. The van der Waals surface area contributed by atoms with Crippen LogP contribution in [0, 0.1) is 5.92 Å². The van der Waals surface area contributed by atoms with Crippen molar-refractivity contribution in [1.29, 1.82) is 0 Å². The Morgan fingerprint density at radius 1 is 1.39 bits per heavy atom. The molecule has 0 aliphatic carbocycles. The zero-order chi connectivity index (χ0) is 13.2. The molecule has 2 atom stereocenters. The smallest absolute Gasteiger partial charge is 0.150 e. The van der Waals surface area contributed by atoms with E-state index in [4.69, 9.17) is 5.73 Å². The van der Waals surface area contributed by atoms with Gasteiger partial charge in [-0.15, -0.1) is 0 Å². The van der Waals surface area contributed by atoms with Crippen molar-refractivity contribution in [2.75, 3.05) is 11.5 Å². The molecule has 1 aromatic rings. The maximum Gasteiger partial charge on any atom is 0.150 e. The third kappa shape index (κ3) is 3.80. The molecule has 0 spiro atoms. The van der Waals surface area contributed by atoms with Crippen LogP contribution in [0.1, 0.15) is 18.4 Å². The van der Waals surface area contributed by atoms with E-state index in [1.807, 2.05) is 18.2 Å². The lowest BCUT2D eigenvalue weighted by molar-refractivity contribution is 0.468. The fourth-order valence-corrected chi connectivity index (χ4v) is 4.84. The van der Waals surface area contributed by atoms with Crippen LogP contribution in [0.2, 0.25) is 0 Å². The van der Waals surface area contributed by atoms with Gasteiger partial charge in [-0.3, -0.25) is 0 Å². The van der Waals surface area contributed by atoms with Crippen LogP contribution in [0.25, 0.3) is 0 Å². The molecular weight excluding hydrogens is 314 g/mol. The van der Waals surface area contributed by atoms with Crippen molar-refractivity contribution in [2.24, 2.45) is 11.7 Å². The second-order valence-electron chi connectivity index (χ2n) is 5.06. The highest BCUT2D eigenvalue weighted by Crippen LogP contribution is 2.24. The maximum absolute atomic E-state index is 11.4. The summed E-state index contributed by atoms with van der Waals surface area (Å²) in [6, 6.07) is 8.05. The van der Waals surface area contributed by atoms with E-state index in [9.17, 15) is 8.42 Å². The van der Waals surface area contributed by atoms with Crippen molar-refractivity contribution in [3.05, 3.63) is 34.3 Å². The average Bonchev–Trinajstić information content (AvgIpc) is 2.61. The molecule has 0 bridgehead atoms. The first kappa shape index (κ1) is 14.0. The minimum Gasteiger partial charge on any atom is -0.327 e. The van der Waals surface area contributed by atoms with E-state index < -0.39 is 9.84 Å². The van der Waals surface area contributed by atoms with Crippen molar-refractivity contribution in [3.63, 3.8) is 0 Å². The third-order valence-electron chi connectivity index (χ3n) is 3.40. The summed E-state index contributed by atoms with van der Waals surface area (Å²) in [6.07, 6.45) is 2.35. The zero-order valence-corrected chi connectivity index (χ0v) is 12.6. The van der Waals surface area contributed by atoms with Gasteiger partial charge in [0.2, 0.25) is 0 Å². The summed E-state index contributed by atoms with van der Waals surface area (Å²) in [4.78, 5) is 0. The molecule has 18 heavy (non-hydrogen) atoms. The van der Waals surface area contributed by atoms with Gasteiger partial charge in [-0.05, 0) is 36.8 Å². The van der Waals surface area contributed by atoms with Gasteiger partial charge in [0.15, 0.2) is 9.84 Å². The second-order valence-corrected chi connectivity index (χ2v) is 8.14. The Kier molecular flexibility index (Phi) is 4.45. The molecule has 1 fully saturated rings. The predicted molar refractivity (Wildman–Crippen MR) is 77.2 cm³/mol. The predicted octanol–water partition coefficient (Wildman–Crippen LogP) is 2.14. The molecule has 0 aromatic heterocycles. The minimum atomic E-state index is -2.79. The van der Waals surface area contributed by atoms with Gasteiger partial charge in [0, 0.05) is 10.5 Å². The van der Waals surface area contributed by atoms with Crippen molar-refractivity contribution < 1.29 is 8.42 Å². The van der Waals surface area contributed by atoms with E-state index in [0.717, 1.165) is 23.7 Å². The van der Waals surface area contributed by atoms with Crippen LogP contribution in [0.15, 0.2) is 28.7 Å². The Hall–Kier alpha value is -0.390. The van der Waals surface area contributed by atoms with Crippen LogP contribution >= 0.6 is 15.9 Å². The monoisotopic (exact) mass is 331 g/mol. The molecule has 0 radical (unpaired) electrons. The summed E-state index contributed by atoms with van der Waals surface area (Å²) >= 11 is 3.50. The number of hydrogen-bond donors (Lipinski definition) is 1. The minimum absolute atomic E-state index is 0.0296. The van der Waals surface area contributed by atoms with E-state index in [1.54, 1.807) is 0 Å². The molecular formula is C13H18BrNO2S. The van der Waals surface area contributed by atoms with E-state index in [2.05, 4.69) is 22.0 Å². The summed E-state index contributed by atoms with van der Waals surface area (Å²) in [7, 11) is -2.79. The van der Waals surface area contributed by atoms with Gasteiger partial charge >= 0.3 is 0 Å². The van der Waals surface area contributed by atoms with Crippen LogP contribution < -0.4 is 5.73 Å². The Balaban J connectivity index is 1.90. The van der Waals surface area contributed by atoms with Gasteiger partial charge in [-0.25, -0.2) is 8.42 Å². The Bertz CT molecular complexity index is 515. The highest BCUT2D eigenvalue weighted by Gasteiger charge is 2.28. The number of hydrogen-bond acceptors (Lipinski definition) is 3. The van der Waals surface area contributed by atoms with E-state index in [-0.39, 0.29) is 12.0 Å². The first-order valence-electron chi connectivity index (χ1n) is 6.16. The highest BCUT2D eigenvalue weighted by atomic mass is 79.9. The molecule has 1 aromatic carbocycles. The number of benzene rings is 1. The van der Waals surface area contributed by atoms with Gasteiger partial charge < -0.3 is 5.73 Å². The largest absolute Gasteiger partial charge is 0.327 e. The van der Waals surface area contributed by atoms with Gasteiger partial charge in [0.25, 0.3) is 0 Å². The molecule has 1 aliphatic heterocycles. The second kappa shape index (κ2) is 5.72. The van der Waals surface area contributed by atoms with Gasteiger partial charge in [0.1, 0.15) is 0 Å². The van der Waals surface area contributed by atoms with Gasteiger partial charge in [-0.2, -0.15) is 0 Å². The molecule has 0 saturated carbocycles. The molecule has 1 aliphatic rings. The molecule has 100 valence electrons. The molecule has 1 heterocycles. The SMILES string of the molecule is NC(Cc1ccccc1Br)CC1CCS(=O)(=O)C1. The molecule has 0 amide bonds. The summed E-state index contributed by atoms with van der Waals surface area (Å²) in [5, 5.41) is 0. The van der Waals surface area contributed by atoms with Crippen molar-refractivity contribution in [1.82, 2.24) is 0 Å². The standard InChI is InChI=1S/C13H18BrNO2S/c14-13-4-2-1-3-11(13)8-12(15)7-10-5-6-18(16,17)9-10/h1-4,10,12H,5-9,15H2. The van der Waals surface area contributed by atoms with Crippen LogP contribution in [0.5, 0.6) is 0 Å². The van der Waals surface area contributed by atoms with Gasteiger partial charge in [0.05, 0.1) is 11.5 Å². The first-order chi connectivity index (χ1) is 8.46. The fourth-order valence-electron chi connectivity index (χ4n) is 2.52. The molecule has 2 unspecified atom stereocenters. The van der Waals surface area contributed by atoms with Crippen LogP contribution in [-0.2, 0) is 16.3 Å². The topological polar surface area (TPSA) is 60.2 Å². The van der Waals surface area contributed by atoms with Crippen LogP contribution in [0.3, 0.4) is 0 Å². The normalized spacial score (nSPS) is 24.0. The summed E-state index contributed by atoms with van der Waals surface area (Å²) in [6.45, 7) is 0. The molecule has 5 heteroatoms. The van der Waals surface area contributed by atoms with E-state index in [0.29, 0.717) is 11.5 Å². The van der Waals surface area contributed by atoms with Gasteiger partial charge in [-0.1, -0.05) is 34.1 Å². The molecule has 2 N–H and O–H groups in total. The first-order valence-corrected chi connectivity index (χ1v) is 8.77. The lowest BCUT2D eigenvalue weighted by Crippen LogP contribution is -2.26. The highest BCUT2D eigenvalue weighted by molar-refractivity contribution is 9.10. The maximum atomic E-state index is 11.4. The Morgan fingerprint density at radius 3 is 2.72 bits per heavy atom. The lowest BCUT2D eigenvalue weighted by Gasteiger charge is -2.16. The summed E-state index contributed by atoms with van der Waals surface area (Å²) in [5.74, 6) is 0.892. The van der Waals surface area contributed by atoms with Crippen molar-refractivity contribution >= 4 is 25.8 Å². The van der Waals surface area contributed by atoms with Crippen LogP contribution in [0.4, 0.5) is 0 Å². The lowest BCUT2D eigenvalue weighted by atomic mass is 9.95. The Morgan fingerprint density at radius 2 is 2.11 bits per heavy atom. The van der Waals surface area contributed by atoms with Crippen molar-refractivity contribution in [2.45, 2.75) is 25.3 Å². The van der Waals surface area contributed by atoms with Crippen LogP contribution in [-0.4, -0.2) is 26.0 Å². The van der Waals surface area contributed by atoms with E-state index >= 15 is 0 Å². The third-order valence-corrected chi connectivity index (χ3v) is 6.01. The Labute approximate surface area is 117 Å². The fraction of sp³-hybridized carbons (Fsp3) is 0.538. The molecule has 1 saturated heterocycles. The number of nitrogens with two attached hydrogens (primary N) is 1. The molecule has 3 nitrogen and oxygen atoms in total. The summed E-state index contributed by atoms with van der Waals surface area (Å²) in [5.41, 5.74) is 7.31. The zero-order valence-electron chi connectivity index (χ0n) is 10.2. The van der Waals surface area contributed by atoms with Crippen molar-refractivity contribution in [3.8, 4) is 0 Å². The quantitative estimate of drug-likeness (QED) is 0.919. The molecule has 2 rings (SSSR count). The number of sulfone groups is 1. The summed E-state index contributed by atoms with van der Waals surface area (Å²) < 4.78 is 23.8. The van der Waals surface area contributed by atoms with E-state index in [1.165, 1.54) is 5.56 Å². The number of rotatable bonds is 4. The average molecular weight is 332 g/mol.